The average Bonchev–Trinajstić information content (AvgIpc) is 3.80. The molecular formula is C40H52N6O6. The molecule has 0 spiro atoms. The molecule has 2 amide bonds. The van der Waals surface area contributed by atoms with Gasteiger partial charge in [0, 0.05) is 34.9 Å². The number of aryl methyl sites for hydroxylation is 4. The Hall–Kier alpha value is -4.62. The number of hydrogen-bond acceptors (Lipinski definition) is 8. The predicted molar refractivity (Wildman–Crippen MR) is 205 cm³/mol. The van der Waals surface area contributed by atoms with Crippen molar-refractivity contribution in [3.63, 3.8) is 0 Å². The highest BCUT2D eigenvalue weighted by Crippen LogP contribution is 2.37. The Morgan fingerprint density at radius 3 is 1.54 bits per heavy atom. The zero-order valence-corrected chi connectivity index (χ0v) is 31.0. The number of nitrogens with zero attached hydrogens (tertiary/aromatic N) is 2. The van der Waals surface area contributed by atoms with Gasteiger partial charge in [0.15, 0.2) is 0 Å². The third kappa shape index (κ3) is 8.05. The monoisotopic (exact) mass is 712 g/mol. The summed E-state index contributed by atoms with van der Waals surface area (Å²) in [6.07, 6.45) is 2.65. The zero-order valence-electron chi connectivity index (χ0n) is 31.0. The number of aromatic amines is 2. The molecule has 0 aromatic carbocycles. The summed E-state index contributed by atoms with van der Waals surface area (Å²) in [5.74, 6) is -0.574. The number of carbonyl (C=O) groups excluding carboxylic acids is 2. The quantitative estimate of drug-likeness (QED) is 0.120. The number of aliphatic hydroxyl groups excluding tert-OH is 4. The number of nitrogens with one attached hydrogen (secondary N) is 4. The second-order valence-corrected chi connectivity index (χ2v) is 13.6. The smallest absolute Gasteiger partial charge is 0.220 e. The van der Waals surface area contributed by atoms with E-state index in [1.54, 1.807) is 0 Å². The minimum atomic E-state index is -0.732. The number of aliphatic hydroxyl groups is 4. The molecule has 12 nitrogen and oxygen atoms in total. The fourth-order valence-corrected chi connectivity index (χ4v) is 7.13. The van der Waals surface area contributed by atoms with Crippen molar-refractivity contribution < 1.29 is 30.0 Å². The largest absolute Gasteiger partial charge is 0.394 e. The number of fused-ring (bicyclic) bond motifs is 8. The van der Waals surface area contributed by atoms with Gasteiger partial charge in [-0.25, -0.2) is 9.97 Å². The molecule has 3 aromatic rings. The molecule has 12 heteroatoms. The molecule has 0 unspecified atom stereocenters. The molecular weight excluding hydrogens is 660 g/mol. The fourth-order valence-electron chi connectivity index (χ4n) is 7.13. The molecule has 8 N–H and O–H groups in total. The van der Waals surface area contributed by atoms with Crippen LogP contribution in [-0.4, -0.2) is 90.7 Å². The van der Waals surface area contributed by atoms with Gasteiger partial charge in [-0.05, 0) is 122 Å². The Labute approximate surface area is 304 Å². The van der Waals surface area contributed by atoms with Crippen molar-refractivity contribution in [3.8, 4) is 0 Å². The van der Waals surface area contributed by atoms with Gasteiger partial charge in [0.25, 0.3) is 0 Å². The molecule has 2 aliphatic heterocycles. The van der Waals surface area contributed by atoms with E-state index < -0.39 is 12.1 Å². The molecule has 0 aliphatic carbocycles. The van der Waals surface area contributed by atoms with E-state index >= 15 is 0 Å². The van der Waals surface area contributed by atoms with Crippen LogP contribution in [0.2, 0.25) is 0 Å². The van der Waals surface area contributed by atoms with E-state index in [0.717, 1.165) is 91.0 Å². The van der Waals surface area contributed by atoms with Crippen LogP contribution in [0.25, 0.3) is 44.4 Å². The van der Waals surface area contributed by atoms with E-state index in [-0.39, 0.29) is 51.1 Å². The Balaban J connectivity index is 1.75. The van der Waals surface area contributed by atoms with Crippen LogP contribution in [0.1, 0.15) is 98.4 Å². The zero-order chi connectivity index (χ0) is 37.7. The second kappa shape index (κ2) is 16.8. The highest BCUT2D eigenvalue weighted by Gasteiger charge is 2.22. The van der Waals surface area contributed by atoms with Gasteiger partial charge in [-0.2, -0.15) is 0 Å². The molecule has 0 radical (unpaired) electrons. The highest BCUT2D eigenvalue weighted by atomic mass is 16.3. The molecule has 5 heterocycles. The lowest BCUT2D eigenvalue weighted by Gasteiger charge is -2.13. The van der Waals surface area contributed by atoms with Crippen molar-refractivity contribution in [3.05, 3.63) is 69.3 Å². The molecule has 278 valence electrons. The Morgan fingerprint density at radius 2 is 1.02 bits per heavy atom. The average molecular weight is 713 g/mol. The third-order valence-electron chi connectivity index (χ3n) is 10.3. The maximum absolute atomic E-state index is 12.9. The van der Waals surface area contributed by atoms with Crippen molar-refractivity contribution in [2.24, 2.45) is 0 Å². The summed E-state index contributed by atoms with van der Waals surface area (Å²) in [6.45, 7) is 11.1. The molecule has 52 heavy (non-hydrogen) atoms. The minimum Gasteiger partial charge on any atom is -0.394 e. The van der Waals surface area contributed by atoms with Gasteiger partial charge in [-0.15, -0.1) is 0 Å². The first-order valence-electron chi connectivity index (χ1n) is 18.1. The lowest BCUT2D eigenvalue weighted by Crippen LogP contribution is -2.40. The van der Waals surface area contributed by atoms with Gasteiger partial charge in [-0.3, -0.25) is 9.59 Å². The van der Waals surface area contributed by atoms with E-state index in [2.05, 4.69) is 66.5 Å². The summed E-state index contributed by atoms with van der Waals surface area (Å²) in [7, 11) is 0. The fraction of sp³-hybridized carbons (Fsp3) is 0.450. The number of H-pyrrole nitrogens is 2. The van der Waals surface area contributed by atoms with Crippen molar-refractivity contribution in [2.45, 2.75) is 92.2 Å². The van der Waals surface area contributed by atoms with Crippen LogP contribution in [0.5, 0.6) is 0 Å². The molecule has 2 aliphatic rings. The Kier molecular flexibility index (Phi) is 12.5. The van der Waals surface area contributed by atoms with Crippen LogP contribution in [-0.2, 0) is 22.4 Å². The third-order valence-corrected chi connectivity index (χ3v) is 10.3. The van der Waals surface area contributed by atoms with Gasteiger partial charge >= 0.3 is 0 Å². The van der Waals surface area contributed by atoms with Crippen LogP contribution in [0.15, 0.2) is 24.3 Å². The summed E-state index contributed by atoms with van der Waals surface area (Å²) < 4.78 is 0. The Morgan fingerprint density at radius 1 is 0.596 bits per heavy atom. The first-order valence-corrected chi connectivity index (χ1v) is 18.1. The second-order valence-electron chi connectivity index (χ2n) is 13.6. The van der Waals surface area contributed by atoms with E-state index in [9.17, 15) is 30.0 Å². The van der Waals surface area contributed by atoms with E-state index in [1.165, 1.54) is 5.56 Å². The lowest BCUT2D eigenvalue weighted by atomic mass is 9.99. The number of aromatic nitrogens is 4. The standard InChI is InChI=1S/C40H52N6O6/c1-7-27-21(3)31-13-32-23(5)29(9-11-39(51)41-25(17-47)18-48)37(45-32)16-38-30(10-12-40(52)42-26(19-49)20-50)24(6)34(46-38)15-36-28(8-2)22(4)33(44-36)14-35(27)43-31/h13-16,25-26,43,46-50H,7-12,17-20H2,1-6H3,(H,41,51)(H,42,52). The normalized spacial score (nSPS) is 13.2. The van der Waals surface area contributed by atoms with E-state index in [4.69, 9.17) is 9.97 Å². The summed E-state index contributed by atoms with van der Waals surface area (Å²) in [4.78, 5) is 43.3. The minimum absolute atomic E-state index is 0.126. The summed E-state index contributed by atoms with van der Waals surface area (Å²) in [6, 6.07) is 6.76. The number of hydrogen-bond donors (Lipinski definition) is 8. The van der Waals surface area contributed by atoms with Crippen molar-refractivity contribution in [1.29, 1.82) is 0 Å². The SMILES string of the molecule is CCC1=C(C)c2cc3[nH]c(cc4nc(cc5[nH]c(cc1n2)c(C)c5CCC(=O)NC(CO)CO)C(CCC(=O)NC(CO)CO)=C4C)c(C)c3CC. The van der Waals surface area contributed by atoms with Crippen molar-refractivity contribution in [1.82, 2.24) is 30.6 Å². The topological polar surface area (TPSA) is 196 Å². The maximum atomic E-state index is 12.9. The van der Waals surface area contributed by atoms with Crippen LogP contribution < -0.4 is 10.6 Å². The number of amides is 2. The molecule has 8 bridgehead atoms. The van der Waals surface area contributed by atoms with Crippen LogP contribution >= 0.6 is 0 Å². The van der Waals surface area contributed by atoms with Crippen LogP contribution in [0.3, 0.4) is 0 Å². The van der Waals surface area contributed by atoms with Gasteiger partial charge in [-0.1, -0.05) is 13.8 Å². The van der Waals surface area contributed by atoms with Gasteiger partial charge in [0.1, 0.15) is 0 Å². The first-order chi connectivity index (χ1) is 25.0. The van der Waals surface area contributed by atoms with Crippen molar-refractivity contribution >= 4 is 56.2 Å². The highest BCUT2D eigenvalue weighted by molar-refractivity contribution is 5.95. The molecule has 5 rings (SSSR count). The molecule has 3 aromatic heterocycles. The Bertz CT molecular complexity index is 2070. The van der Waals surface area contributed by atoms with Crippen LogP contribution in [0.4, 0.5) is 0 Å². The lowest BCUT2D eigenvalue weighted by molar-refractivity contribution is -0.123. The van der Waals surface area contributed by atoms with E-state index in [0.29, 0.717) is 18.5 Å². The number of rotatable bonds is 14. The first kappa shape index (κ1) is 38.6. The summed E-state index contributed by atoms with van der Waals surface area (Å²) in [5, 5.41) is 43.3. The molecule has 0 saturated carbocycles. The molecule has 0 saturated heterocycles. The number of allylic oxidation sites excluding steroid dienone is 4. The molecule has 0 fully saturated rings. The van der Waals surface area contributed by atoms with Gasteiger partial charge < -0.3 is 41.0 Å². The number of carbonyl (C=O) groups is 2. The molecule has 0 atom stereocenters. The van der Waals surface area contributed by atoms with Gasteiger partial charge in [0.2, 0.25) is 11.8 Å². The van der Waals surface area contributed by atoms with E-state index in [1.807, 2.05) is 19.9 Å². The van der Waals surface area contributed by atoms with Crippen molar-refractivity contribution in [2.75, 3.05) is 26.4 Å². The maximum Gasteiger partial charge on any atom is 0.220 e. The summed E-state index contributed by atoms with van der Waals surface area (Å²) in [5.41, 5.74) is 15.2. The predicted octanol–water partition coefficient (Wildman–Crippen LogP) is 4.42. The van der Waals surface area contributed by atoms with Crippen LogP contribution in [0, 0.1) is 13.8 Å². The van der Waals surface area contributed by atoms with Gasteiger partial charge in [0.05, 0.1) is 61.3 Å². The summed E-state index contributed by atoms with van der Waals surface area (Å²) >= 11 is 0.